The van der Waals surface area contributed by atoms with Crippen LogP contribution in [0.1, 0.15) is 24.0 Å². The molecule has 1 heterocycles. The van der Waals surface area contributed by atoms with Crippen molar-refractivity contribution >= 4 is 17.7 Å². The highest BCUT2D eigenvalue weighted by Crippen LogP contribution is 2.21. The van der Waals surface area contributed by atoms with Crippen LogP contribution >= 0.6 is 0 Å². The lowest BCUT2D eigenvalue weighted by Gasteiger charge is -2.22. The average Bonchev–Trinajstić information content (AvgIpc) is 2.85. The number of ether oxygens (including phenoxy) is 1. The maximum Gasteiger partial charge on any atom is 0.410 e. The van der Waals surface area contributed by atoms with Crippen LogP contribution in [-0.4, -0.2) is 36.6 Å². The summed E-state index contributed by atoms with van der Waals surface area (Å²) in [6.07, 6.45) is 1.05. The van der Waals surface area contributed by atoms with Crippen LogP contribution in [0.15, 0.2) is 18.2 Å². The summed E-state index contributed by atoms with van der Waals surface area (Å²) < 4.78 is 4.71. The number of amides is 2. The van der Waals surface area contributed by atoms with Crippen molar-refractivity contribution in [2.24, 2.45) is 0 Å². The Kier molecular flexibility index (Phi) is 4.27. The van der Waals surface area contributed by atoms with E-state index >= 15 is 0 Å². The van der Waals surface area contributed by atoms with Gasteiger partial charge in [-0.25, -0.2) is 4.79 Å². The van der Waals surface area contributed by atoms with Gasteiger partial charge in [-0.3, -0.25) is 9.69 Å². The number of methoxy groups -OCH3 is 1. The van der Waals surface area contributed by atoms with Gasteiger partial charge in [0.15, 0.2) is 0 Å². The number of hydrogen-bond acceptors (Lipinski definition) is 3. The number of anilines is 1. The predicted molar refractivity (Wildman–Crippen MR) is 76.7 cm³/mol. The fourth-order valence-electron chi connectivity index (χ4n) is 2.65. The maximum atomic E-state index is 12.3. The summed E-state index contributed by atoms with van der Waals surface area (Å²) in [6, 6.07) is 5.44. The van der Waals surface area contributed by atoms with Crippen molar-refractivity contribution in [3.05, 3.63) is 29.3 Å². The summed E-state index contributed by atoms with van der Waals surface area (Å²) in [5, 5.41) is 2.89. The molecule has 5 nitrogen and oxygen atoms in total. The van der Waals surface area contributed by atoms with E-state index in [0.29, 0.717) is 13.0 Å². The number of likely N-dealkylation sites (tertiary alicyclic amines) is 1. The Labute approximate surface area is 118 Å². The van der Waals surface area contributed by atoms with E-state index in [0.717, 1.165) is 23.2 Å². The lowest BCUT2D eigenvalue weighted by atomic mass is 10.1. The van der Waals surface area contributed by atoms with E-state index in [9.17, 15) is 9.59 Å². The van der Waals surface area contributed by atoms with Crippen LogP contribution in [0.2, 0.25) is 0 Å². The molecule has 5 heteroatoms. The zero-order chi connectivity index (χ0) is 14.7. The normalized spacial score (nSPS) is 17.9. The minimum absolute atomic E-state index is 0.155. The quantitative estimate of drug-likeness (QED) is 0.902. The Hall–Kier alpha value is -2.04. The fraction of sp³-hybridized carbons (Fsp3) is 0.467. The van der Waals surface area contributed by atoms with Crippen LogP contribution in [0.25, 0.3) is 0 Å². The van der Waals surface area contributed by atoms with Crippen molar-refractivity contribution in [1.29, 1.82) is 0 Å². The van der Waals surface area contributed by atoms with Gasteiger partial charge in [-0.1, -0.05) is 6.07 Å². The second-order valence-corrected chi connectivity index (χ2v) is 5.19. The van der Waals surface area contributed by atoms with Crippen LogP contribution in [0.4, 0.5) is 10.5 Å². The standard InChI is InChI=1S/C15H20N2O3/c1-10-7-11(2)9-12(8-10)16-14(18)13-5-4-6-17(13)15(19)20-3/h7-9,13H,4-6H2,1-3H3,(H,16,18). The van der Waals surface area contributed by atoms with Gasteiger partial charge in [0.25, 0.3) is 0 Å². The first-order valence-electron chi connectivity index (χ1n) is 6.75. The predicted octanol–water partition coefficient (Wildman–Crippen LogP) is 2.47. The highest BCUT2D eigenvalue weighted by atomic mass is 16.5. The van der Waals surface area contributed by atoms with Gasteiger partial charge in [0.2, 0.25) is 5.91 Å². The van der Waals surface area contributed by atoms with Gasteiger partial charge in [-0.2, -0.15) is 0 Å². The topological polar surface area (TPSA) is 58.6 Å². The molecule has 0 radical (unpaired) electrons. The molecule has 20 heavy (non-hydrogen) atoms. The third kappa shape index (κ3) is 3.10. The summed E-state index contributed by atoms with van der Waals surface area (Å²) in [6.45, 7) is 4.54. The molecule has 1 saturated heterocycles. The Morgan fingerprint density at radius 1 is 1.25 bits per heavy atom. The van der Waals surface area contributed by atoms with Gasteiger partial charge in [-0.05, 0) is 49.9 Å². The molecule has 0 spiro atoms. The van der Waals surface area contributed by atoms with Crippen LogP contribution in [-0.2, 0) is 9.53 Å². The Morgan fingerprint density at radius 2 is 1.90 bits per heavy atom. The number of nitrogens with one attached hydrogen (secondary N) is 1. The minimum Gasteiger partial charge on any atom is -0.453 e. The third-order valence-electron chi connectivity index (χ3n) is 3.45. The number of rotatable bonds is 2. The van der Waals surface area contributed by atoms with Crippen molar-refractivity contribution < 1.29 is 14.3 Å². The molecule has 0 bridgehead atoms. The Bertz CT molecular complexity index is 508. The number of hydrogen-bond donors (Lipinski definition) is 1. The van der Waals surface area contributed by atoms with Crippen LogP contribution in [0, 0.1) is 13.8 Å². The summed E-state index contributed by atoms with van der Waals surface area (Å²) in [5.74, 6) is -0.155. The smallest absolute Gasteiger partial charge is 0.410 e. The van der Waals surface area contributed by atoms with Crippen LogP contribution < -0.4 is 5.32 Å². The molecule has 1 aromatic rings. The van der Waals surface area contributed by atoms with E-state index < -0.39 is 12.1 Å². The van der Waals surface area contributed by atoms with Crippen molar-refractivity contribution in [2.75, 3.05) is 19.0 Å². The highest BCUT2D eigenvalue weighted by molar-refractivity contribution is 5.97. The maximum absolute atomic E-state index is 12.3. The number of benzene rings is 1. The van der Waals surface area contributed by atoms with Gasteiger partial charge < -0.3 is 10.1 Å². The minimum atomic E-state index is -0.442. The summed E-state index contributed by atoms with van der Waals surface area (Å²) in [7, 11) is 1.33. The number of nitrogens with zero attached hydrogens (tertiary/aromatic N) is 1. The second-order valence-electron chi connectivity index (χ2n) is 5.19. The fourth-order valence-corrected chi connectivity index (χ4v) is 2.65. The molecular formula is C15H20N2O3. The molecule has 1 unspecified atom stereocenters. The molecule has 1 fully saturated rings. The zero-order valence-electron chi connectivity index (χ0n) is 12.1. The first-order valence-corrected chi connectivity index (χ1v) is 6.75. The second kappa shape index (κ2) is 5.94. The van der Waals surface area contributed by atoms with E-state index in [4.69, 9.17) is 4.74 Å². The van der Waals surface area contributed by atoms with Gasteiger partial charge in [0.05, 0.1) is 7.11 Å². The molecule has 1 aliphatic heterocycles. The van der Waals surface area contributed by atoms with Gasteiger partial charge >= 0.3 is 6.09 Å². The molecular weight excluding hydrogens is 256 g/mol. The average molecular weight is 276 g/mol. The SMILES string of the molecule is COC(=O)N1CCCC1C(=O)Nc1cc(C)cc(C)c1. The van der Waals surface area contributed by atoms with E-state index in [1.54, 1.807) is 0 Å². The Morgan fingerprint density at radius 3 is 2.50 bits per heavy atom. The van der Waals surface area contributed by atoms with Gasteiger partial charge in [0.1, 0.15) is 6.04 Å². The molecule has 2 amide bonds. The molecule has 0 aromatic heterocycles. The lowest BCUT2D eigenvalue weighted by Crippen LogP contribution is -2.43. The molecule has 1 aromatic carbocycles. The molecule has 1 N–H and O–H groups in total. The van der Waals surface area contributed by atoms with Crippen molar-refractivity contribution in [3.8, 4) is 0 Å². The van der Waals surface area contributed by atoms with E-state index in [1.165, 1.54) is 12.0 Å². The number of aryl methyl sites for hydroxylation is 2. The lowest BCUT2D eigenvalue weighted by molar-refractivity contribution is -0.119. The third-order valence-corrected chi connectivity index (χ3v) is 3.45. The zero-order valence-corrected chi connectivity index (χ0v) is 12.1. The van der Waals surface area contributed by atoms with E-state index in [1.807, 2.05) is 32.0 Å². The van der Waals surface area contributed by atoms with Crippen molar-refractivity contribution in [1.82, 2.24) is 4.90 Å². The molecule has 0 aliphatic carbocycles. The molecule has 108 valence electrons. The Balaban J connectivity index is 2.09. The van der Waals surface area contributed by atoms with Crippen molar-refractivity contribution in [2.45, 2.75) is 32.7 Å². The van der Waals surface area contributed by atoms with E-state index in [-0.39, 0.29) is 5.91 Å². The first kappa shape index (κ1) is 14.4. The highest BCUT2D eigenvalue weighted by Gasteiger charge is 2.34. The van der Waals surface area contributed by atoms with Gasteiger partial charge in [-0.15, -0.1) is 0 Å². The largest absolute Gasteiger partial charge is 0.453 e. The number of carbonyl (C=O) groups is 2. The molecule has 1 aliphatic rings. The van der Waals surface area contributed by atoms with Crippen LogP contribution in [0.3, 0.4) is 0 Å². The number of carbonyl (C=O) groups excluding carboxylic acids is 2. The molecule has 1 atom stereocenters. The van der Waals surface area contributed by atoms with Gasteiger partial charge in [0, 0.05) is 12.2 Å². The van der Waals surface area contributed by atoms with E-state index in [2.05, 4.69) is 5.32 Å². The monoisotopic (exact) mass is 276 g/mol. The summed E-state index contributed by atoms with van der Waals surface area (Å²) in [5.41, 5.74) is 2.96. The first-order chi connectivity index (χ1) is 9.51. The molecule has 2 rings (SSSR count). The van der Waals surface area contributed by atoms with Crippen LogP contribution in [0.5, 0.6) is 0 Å². The molecule has 0 saturated carbocycles. The van der Waals surface area contributed by atoms with Crippen molar-refractivity contribution in [3.63, 3.8) is 0 Å². The summed E-state index contributed by atoms with van der Waals surface area (Å²) >= 11 is 0. The summed E-state index contributed by atoms with van der Waals surface area (Å²) in [4.78, 5) is 25.4.